The van der Waals surface area contributed by atoms with Gasteiger partial charge in [-0.3, -0.25) is 4.98 Å². The van der Waals surface area contributed by atoms with E-state index in [0.29, 0.717) is 12.2 Å². The topological polar surface area (TPSA) is 35.0 Å². The van der Waals surface area contributed by atoms with Crippen molar-refractivity contribution in [1.82, 2.24) is 9.97 Å². The van der Waals surface area contributed by atoms with Gasteiger partial charge in [0.05, 0.1) is 29.8 Å². The lowest BCUT2D eigenvalue weighted by Crippen LogP contribution is -2.04. The largest absolute Gasteiger partial charge is 0.494 e. The zero-order chi connectivity index (χ0) is 25.1. The number of alkyl halides is 3. The van der Waals surface area contributed by atoms with Crippen LogP contribution in [0.25, 0.3) is 11.3 Å². The van der Waals surface area contributed by atoms with Gasteiger partial charge in [-0.05, 0) is 36.2 Å². The first-order valence-electron chi connectivity index (χ1n) is 12.3. The molecular weight excluding hydrogens is 456 g/mol. The fraction of sp³-hybridized carbons (Fsp3) is 0.429. The van der Waals surface area contributed by atoms with Crippen LogP contribution in [0.1, 0.15) is 75.1 Å². The molecule has 0 radical (unpaired) electrons. The molecule has 0 fully saturated rings. The lowest BCUT2D eigenvalue weighted by Gasteiger charge is -2.09. The van der Waals surface area contributed by atoms with Crippen molar-refractivity contribution >= 4 is 0 Å². The van der Waals surface area contributed by atoms with Crippen LogP contribution in [0.5, 0.6) is 5.75 Å². The highest BCUT2D eigenvalue weighted by Gasteiger charge is 2.30. The number of nitrogens with zero attached hydrogens (tertiary/aromatic N) is 2. The summed E-state index contributed by atoms with van der Waals surface area (Å²) in [7, 11) is 0. The van der Waals surface area contributed by atoms with Crippen LogP contribution in [-0.2, 0) is 12.6 Å². The van der Waals surface area contributed by atoms with Crippen molar-refractivity contribution in [3.05, 3.63) is 77.5 Å². The second-order valence-electron chi connectivity index (χ2n) is 8.71. The molecule has 0 aliphatic rings. The molecule has 0 unspecified atom stereocenters. The highest BCUT2D eigenvalue weighted by Crippen LogP contribution is 2.30. The molecule has 0 N–H and O–H groups in total. The fourth-order valence-corrected chi connectivity index (χ4v) is 3.80. The van der Waals surface area contributed by atoms with Crippen molar-refractivity contribution in [2.75, 3.05) is 6.61 Å². The van der Waals surface area contributed by atoms with Gasteiger partial charge in [-0.25, -0.2) is 4.98 Å². The number of hydrogen-bond acceptors (Lipinski definition) is 3. The Bertz CT molecular complexity index is 1030. The van der Waals surface area contributed by atoms with Gasteiger partial charge in [0.15, 0.2) is 0 Å². The Hall–Kier alpha value is -2.96. The Balaban J connectivity index is 1.46. The molecule has 3 rings (SSSR count). The van der Waals surface area contributed by atoms with Gasteiger partial charge < -0.3 is 4.74 Å². The average Bonchev–Trinajstić information content (AvgIpc) is 2.85. The summed E-state index contributed by atoms with van der Waals surface area (Å²) in [6.45, 7) is 2.91. The second kappa shape index (κ2) is 13.2. The Labute approximate surface area is 204 Å². The molecule has 0 aliphatic heterocycles. The van der Waals surface area contributed by atoms with E-state index >= 15 is 0 Å². The number of hydrogen-bond donors (Lipinski definition) is 0. The molecule has 3 nitrogen and oxygen atoms in total. The Morgan fingerprint density at radius 1 is 0.800 bits per heavy atom. The third kappa shape index (κ3) is 8.64. The molecule has 0 bridgehead atoms. The predicted octanol–water partition coefficient (Wildman–Crippen LogP) is 8.41. The van der Waals surface area contributed by atoms with E-state index in [9.17, 15) is 17.6 Å². The summed E-state index contributed by atoms with van der Waals surface area (Å²) >= 11 is 0. The van der Waals surface area contributed by atoms with Crippen molar-refractivity contribution in [2.45, 2.75) is 70.9 Å². The van der Waals surface area contributed by atoms with Gasteiger partial charge in [0.25, 0.3) is 0 Å². The molecule has 2 aromatic carbocycles. The van der Waals surface area contributed by atoms with E-state index in [-0.39, 0.29) is 17.8 Å². The lowest BCUT2D eigenvalue weighted by atomic mass is 10.1. The molecule has 0 atom stereocenters. The maximum absolute atomic E-state index is 14.5. The van der Waals surface area contributed by atoms with Gasteiger partial charge in [0.2, 0.25) is 5.95 Å². The van der Waals surface area contributed by atoms with Crippen molar-refractivity contribution in [2.24, 2.45) is 0 Å². The van der Waals surface area contributed by atoms with Crippen LogP contribution in [0.3, 0.4) is 0 Å². The van der Waals surface area contributed by atoms with E-state index in [0.717, 1.165) is 29.9 Å². The first-order valence-corrected chi connectivity index (χ1v) is 12.3. The average molecular weight is 489 g/mol. The number of rotatable bonds is 13. The zero-order valence-corrected chi connectivity index (χ0v) is 20.1. The first-order chi connectivity index (χ1) is 16.9. The second-order valence-corrected chi connectivity index (χ2v) is 8.71. The van der Waals surface area contributed by atoms with Crippen molar-refractivity contribution in [3.63, 3.8) is 0 Å². The summed E-state index contributed by atoms with van der Waals surface area (Å²) in [5, 5.41) is 0. The molecule has 1 heterocycles. The Morgan fingerprint density at radius 2 is 1.43 bits per heavy atom. The molecule has 0 saturated heterocycles. The van der Waals surface area contributed by atoms with Crippen LogP contribution in [-0.4, -0.2) is 16.6 Å². The van der Waals surface area contributed by atoms with Crippen molar-refractivity contribution in [1.29, 1.82) is 0 Å². The van der Waals surface area contributed by atoms with Gasteiger partial charge >= 0.3 is 6.18 Å². The van der Waals surface area contributed by atoms with Crippen LogP contribution in [0.2, 0.25) is 0 Å². The minimum absolute atomic E-state index is 0.174. The first kappa shape index (κ1) is 26.6. The fourth-order valence-electron chi connectivity index (χ4n) is 3.80. The van der Waals surface area contributed by atoms with E-state index in [1.807, 2.05) is 24.3 Å². The molecule has 0 amide bonds. The van der Waals surface area contributed by atoms with Gasteiger partial charge in [-0.1, -0.05) is 76.1 Å². The molecule has 188 valence electrons. The Morgan fingerprint density at radius 3 is 2.03 bits per heavy atom. The van der Waals surface area contributed by atoms with E-state index < -0.39 is 17.7 Å². The van der Waals surface area contributed by atoms with Crippen molar-refractivity contribution < 1.29 is 22.3 Å². The lowest BCUT2D eigenvalue weighted by molar-refractivity contribution is -0.137. The summed E-state index contributed by atoms with van der Waals surface area (Å²) in [5.74, 6) is 0.0401. The normalized spacial score (nSPS) is 11.6. The molecule has 35 heavy (non-hydrogen) atoms. The quantitative estimate of drug-likeness (QED) is 0.179. The zero-order valence-electron chi connectivity index (χ0n) is 20.1. The molecule has 7 heteroatoms. The van der Waals surface area contributed by atoms with Crippen LogP contribution in [0.15, 0.2) is 54.7 Å². The maximum atomic E-state index is 14.5. The predicted molar refractivity (Wildman–Crippen MR) is 130 cm³/mol. The van der Waals surface area contributed by atoms with E-state index in [1.165, 1.54) is 63.3 Å². The molecule has 0 spiro atoms. The van der Waals surface area contributed by atoms with Gasteiger partial charge in [-0.15, -0.1) is 0 Å². The monoisotopic (exact) mass is 488 g/mol. The molecular formula is C28H32F4N2O. The van der Waals surface area contributed by atoms with Gasteiger partial charge in [-0.2, -0.15) is 17.6 Å². The smallest absolute Gasteiger partial charge is 0.416 e. The Kier molecular flexibility index (Phi) is 10.1. The molecule has 0 aliphatic carbocycles. The number of ether oxygens (including phenoxy) is 1. The summed E-state index contributed by atoms with van der Waals surface area (Å²) in [4.78, 5) is 8.05. The van der Waals surface area contributed by atoms with Gasteiger partial charge in [0, 0.05) is 12.0 Å². The molecule has 1 aromatic heterocycles. The van der Waals surface area contributed by atoms with E-state index in [1.54, 1.807) is 0 Å². The third-order valence-corrected chi connectivity index (χ3v) is 5.87. The summed E-state index contributed by atoms with van der Waals surface area (Å²) in [6, 6.07) is 11.9. The minimum atomic E-state index is -4.42. The van der Waals surface area contributed by atoms with Crippen molar-refractivity contribution in [3.8, 4) is 17.0 Å². The number of aromatic nitrogens is 2. The minimum Gasteiger partial charge on any atom is -0.494 e. The van der Waals surface area contributed by atoms with E-state index in [2.05, 4.69) is 16.9 Å². The standard InChI is InChI=1S/C28H32F4N2O/c1-2-3-4-5-6-7-8-9-18-35-24-16-10-21(11-17-24)19-25-27(29)34-26(20-33-25)22-12-14-23(15-13-22)28(30,31)32/h10-17,20H,2-9,18-19H2,1H3. The summed E-state index contributed by atoms with van der Waals surface area (Å²) in [5.41, 5.74) is 0.823. The van der Waals surface area contributed by atoms with Gasteiger partial charge in [0.1, 0.15) is 5.75 Å². The van der Waals surface area contributed by atoms with Crippen LogP contribution >= 0.6 is 0 Å². The number of unbranched alkanes of at least 4 members (excludes halogenated alkanes) is 7. The summed E-state index contributed by atoms with van der Waals surface area (Å²) < 4.78 is 58.5. The SMILES string of the molecule is CCCCCCCCCCOc1ccc(Cc2ncc(-c3ccc(C(F)(F)F)cc3)nc2F)cc1. The highest BCUT2D eigenvalue weighted by atomic mass is 19.4. The van der Waals surface area contributed by atoms with Crippen LogP contribution in [0, 0.1) is 5.95 Å². The molecule has 0 saturated carbocycles. The van der Waals surface area contributed by atoms with Crippen LogP contribution in [0.4, 0.5) is 17.6 Å². The molecule has 3 aromatic rings. The number of halogens is 4. The van der Waals surface area contributed by atoms with Crippen LogP contribution < -0.4 is 4.74 Å². The number of benzene rings is 2. The maximum Gasteiger partial charge on any atom is 0.416 e. The highest BCUT2D eigenvalue weighted by molar-refractivity contribution is 5.58. The third-order valence-electron chi connectivity index (χ3n) is 5.87. The van der Waals surface area contributed by atoms with E-state index in [4.69, 9.17) is 4.74 Å². The summed E-state index contributed by atoms with van der Waals surface area (Å²) in [6.07, 6.45) is 7.19.